The second-order valence-electron chi connectivity index (χ2n) is 8.42. The summed E-state index contributed by atoms with van der Waals surface area (Å²) in [6.45, 7) is 5.22. The Morgan fingerprint density at radius 2 is 1.69 bits per heavy atom. The van der Waals surface area contributed by atoms with Gasteiger partial charge in [-0.25, -0.2) is 8.42 Å². The van der Waals surface area contributed by atoms with Gasteiger partial charge in [0, 0.05) is 43.9 Å². The molecule has 1 fully saturated rings. The Morgan fingerprint density at radius 1 is 0.938 bits per heavy atom. The molecule has 1 amide bonds. The highest BCUT2D eigenvalue weighted by Crippen LogP contribution is 2.28. The number of anilines is 2. The number of unbranched alkanes of at least 4 members (excludes halogenated alkanes) is 2. The third kappa shape index (κ3) is 5.37. The lowest BCUT2D eigenvalue weighted by Gasteiger charge is -2.36. The molecule has 0 bridgehead atoms. The number of hydrogen-bond acceptors (Lipinski definition) is 6. The normalized spacial score (nSPS) is 18.1. The Bertz CT molecular complexity index is 1080. The van der Waals surface area contributed by atoms with Crippen molar-refractivity contribution in [3.63, 3.8) is 0 Å². The van der Waals surface area contributed by atoms with Crippen LogP contribution in [0.15, 0.2) is 53.4 Å². The van der Waals surface area contributed by atoms with Crippen LogP contribution in [-0.2, 0) is 14.6 Å². The van der Waals surface area contributed by atoms with Crippen molar-refractivity contribution in [1.29, 1.82) is 0 Å². The maximum atomic E-state index is 12.5. The Morgan fingerprint density at radius 3 is 2.44 bits per heavy atom. The van der Waals surface area contributed by atoms with Gasteiger partial charge >= 0.3 is 0 Å². The van der Waals surface area contributed by atoms with Crippen LogP contribution < -0.4 is 10.2 Å². The van der Waals surface area contributed by atoms with Crippen molar-refractivity contribution >= 4 is 32.9 Å². The molecule has 2 aromatic rings. The molecule has 2 aliphatic rings. The fraction of sp³-hybridized carbons (Fsp3) is 0.417. The van der Waals surface area contributed by atoms with E-state index < -0.39 is 21.5 Å². The number of para-hydroxylation sites is 1. The van der Waals surface area contributed by atoms with Gasteiger partial charge in [-0.2, -0.15) is 0 Å². The quantitative estimate of drug-likeness (QED) is 0.486. The van der Waals surface area contributed by atoms with Gasteiger partial charge in [0.2, 0.25) is 5.91 Å². The van der Waals surface area contributed by atoms with Crippen LogP contribution in [0.2, 0.25) is 0 Å². The van der Waals surface area contributed by atoms with Crippen LogP contribution in [0, 0.1) is 0 Å². The first-order valence-corrected chi connectivity index (χ1v) is 12.8. The van der Waals surface area contributed by atoms with Crippen molar-refractivity contribution in [2.45, 2.75) is 30.6 Å². The van der Waals surface area contributed by atoms with Crippen LogP contribution >= 0.6 is 0 Å². The average Bonchev–Trinajstić information content (AvgIpc) is 2.78. The first kappa shape index (κ1) is 22.5. The summed E-state index contributed by atoms with van der Waals surface area (Å²) >= 11 is 0. The molecule has 1 saturated heterocycles. The predicted octanol–water partition coefficient (Wildman–Crippen LogP) is 2.98. The van der Waals surface area contributed by atoms with Crippen LogP contribution in [0.4, 0.5) is 11.4 Å². The molecule has 170 valence electrons. The molecular formula is C24H29N3O4S. The van der Waals surface area contributed by atoms with Crippen molar-refractivity contribution < 1.29 is 18.0 Å². The number of carbonyl (C=O) groups excluding carboxylic acids is 2. The SMILES string of the molecule is O=C1CS(=O)(=O)c2ccc(C(=O)CCCCCN3CCN(c4ccccc4)CC3)cc2N1. The average molecular weight is 456 g/mol. The molecule has 0 radical (unpaired) electrons. The monoisotopic (exact) mass is 455 g/mol. The van der Waals surface area contributed by atoms with Crippen molar-refractivity contribution in [2.24, 2.45) is 0 Å². The van der Waals surface area contributed by atoms with Crippen LogP contribution in [0.25, 0.3) is 0 Å². The number of fused-ring (bicyclic) bond motifs is 1. The van der Waals surface area contributed by atoms with Crippen molar-refractivity contribution in [2.75, 3.05) is 48.7 Å². The molecule has 0 saturated carbocycles. The summed E-state index contributed by atoms with van der Waals surface area (Å²) in [4.78, 5) is 29.1. The summed E-state index contributed by atoms with van der Waals surface area (Å²) in [6, 6.07) is 15.0. The molecular weight excluding hydrogens is 426 g/mol. The van der Waals surface area contributed by atoms with E-state index in [1.807, 2.05) is 6.07 Å². The van der Waals surface area contributed by atoms with Gasteiger partial charge in [-0.1, -0.05) is 24.6 Å². The fourth-order valence-corrected chi connectivity index (χ4v) is 5.61. The number of Topliss-reactive ketones (excluding diaryl/α,β-unsaturated/α-hetero) is 1. The lowest BCUT2D eigenvalue weighted by atomic mass is 10.0. The van der Waals surface area contributed by atoms with E-state index in [9.17, 15) is 18.0 Å². The third-order valence-electron chi connectivity index (χ3n) is 6.10. The molecule has 0 aliphatic carbocycles. The number of nitrogens with zero attached hydrogens (tertiary/aromatic N) is 2. The molecule has 7 nitrogen and oxygen atoms in total. The minimum atomic E-state index is -3.62. The fourth-order valence-electron chi connectivity index (χ4n) is 4.32. The van der Waals surface area contributed by atoms with Gasteiger partial charge in [0.25, 0.3) is 0 Å². The van der Waals surface area contributed by atoms with Gasteiger partial charge in [0.05, 0.1) is 10.6 Å². The van der Waals surface area contributed by atoms with Crippen LogP contribution in [-0.4, -0.2) is 63.5 Å². The highest BCUT2D eigenvalue weighted by molar-refractivity contribution is 7.92. The van der Waals surface area contributed by atoms with E-state index in [0.29, 0.717) is 12.0 Å². The topological polar surface area (TPSA) is 86.8 Å². The maximum Gasteiger partial charge on any atom is 0.239 e. The van der Waals surface area contributed by atoms with Gasteiger partial charge < -0.3 is 10.2 Å². The van der Waals surface area contributed by atoms with Crippen molar-refractivity contribution in [3.8, 4) is 0 Å². The summed E-state index contributed by atoms with van der Waals surface area (Å²) in [5.41, 5.74) is 1.94. The summed E-state index contributed by atoms with van der Waals surface area (Å²) in [7, 11) is -3.62. The van der Waals surface area contributed by atoms with Crippen LogP contribution in [0.1, 0.15) is 36.0 Å². The first-order chi connectivity index (χ1) is 15.4. The number of hydrogen-bond donors (Lipinski definition) is 1. The molecule has 32 heavy (non-hydrogen) atoms. The Kier molecular flexibility index (Phi) is 6.91. The lowest BCUT2D eigenvalue weighted by molar-refractivity contribution is -0.114. The van der Waals surface area contributed by atoms with E-state index in [2.05, 4.69) is 39.4 Å². The van der Waals surface area contributed by atoms with Crippen LogP contribution in [0.3, 0.4) is 0 Å². The van der Waals surface area contributed by atoms with E-state index in [1.165, 1.54) is 17.8 Å². The van der Waals surface area contributed by atoms with Crippen LogP contribution in [0.5, 0.6) is 0 Å². The molecule has 0 unspecified atom stereocenters. The standard InChI is InChI=1S/C24H29N3O4S/c28-22(19-10-11-23-21(17-19)25-24(29)18-32(23,30)31)9-5-2-6-12-26-13-15-27(16-14-26)20-7-3-1-4-8-20/h1,3-4,7-8,10-11,17H,2,5-6,9,12-16,18H2,(H,25,29). The molecule has 0 spiro atoms. The Labute approximate surface area is 189 Å². The van der Waals surface area contributed by atoms with E-state index in [-0.39, 0.29) is 16.4 Å². The highest BCUT2D eigenvalue weighted by atomic mass is 32.2. The van der Waals surface area contributed by atoms with Gasteiger partial charge in [0.1, 0.15) is 5.75 Å². The molecule has 0 aromatic heterocycles. The smallest absolute Gasteiger partial charge is 0.239 e. The maximum absolute atomic E-state index is 12.5. The predicted molar refractivity (Wildman–Crippen MR) is 125 cm³/mol. The second kappa shape index (κ2) is 9.83. The first-order valence-electron chi connectivity index (χ1n) is 11.1. The summed E-state index contributed by atoms with van der Waals surface area (Å²) in [6.07, 6.45) is 3.24. The Hall–Kier alpha value is -2.71. The van der Waals surface area contributed by atoms with Gasteiger partial charge in [-0.15, -0.1) is 0 Å². The van der Waals surface area contributed by atoms with Crippen molar-refractivity contribution in [1.82, 2.24) is 4.90 Å². The van der Waals surface area contributed by atoms with E-state index in [4.69, 9.17) is 0 Å². The lowest BCUT2D eigenvalue weighted by Crippen LogP contribution is -2.46. The van der Waals surface area contributed by atoms with E-state index in [0.717, 1.165) is 52.0 Å². The minimum Gasteiger partial charge on any atom is -0.369 e. The molecule has 8 heteroatoms. The van der Waals surface area contributed by atoms with E-state index >= 15 is 0 Å². The second-order valence-corrected chi connectivity index (χ2v) is 10.4. The van der Waals surface area contributed by atoms with Gasteiger partial charge in [-0.05, 0) is 49.7 Å². The highest BCUT2D eigenvalue weighted by Gasteiger charge is 2.29. The van der Waals surface area contributed by atoms with Gasteiger partial charge in [0.15, 0.2) is 15.6 Å². The molecule has 1 N–H and O–H groups in total. The summed E-state index contributed by atoms with van der Waals surface area (Å²) < 4.78 is 24.2. The number of rotatable bonds is 8. The number of benzene rings is 2. The number of nitrogens with one attached hydrogen (secondary N) is 1. The molecule has 4 rings (SSSR count). The zero-order valence-corrected chi connectivity index (χ0v) is 18.9. The molecule has 2 aliphatic heterocycles. The van der Waals surface area contributed by atoms with Crippen molar-refractivity contribution in [3.05, 3.63) is 54.1 Å². The Balaban J connectivity index is 1.18. The number of piperazine rings is 1. The zero-order valence-electron chi connectivity index (χ0n) is 18.1. The molecule has 0 atom stereocenters. The number of amides is 1. The molecule has 2 aromatic carbocycles. The number of sulfone groups is 1. The zero-order chi connectivity index (χ0) is 22.6. The van der Waals surface area contributed by atoms with E-state index in [1.54, 1.807) is 6.07 Å². The number of ketones is 1. The third-order valence-corrected chi connectivity index (χ3v) is 7.77. The largest absolute Gasteiger partial charge is 0.369 e. The number of carbonyl (C=O) groups is 2. The molecule has 2 heterocycles. The van der Waals surface area contributed by atoms with Gasteiger partial charge in [-0.3, -0.25) is 14.5 Å². The summed E-state index contributed by atoms with van der Waals surface area (Å²) in [5, 5.41) is 2.56. The minimum absolute atomic E-state index is 0.0264. The summed E-state index contributed by atoms with van der Waals surface area (Å²) in [5.74, 6) is -1.14.